The smallest absolute Gasteiger partial charge is 0.175 e. The van der Waals surface area contributed by atoms with E-state index in [0.717, 1.165) is 18.7 Å². The Bertz CT molecular complexity index is 477. The zero-order valence-corrected chi connectivity index (χ0v) is 9.24. The highest BCUT2D eigenvalue weighted by molar-refractivity contribution is 7.90. The number of nitrogens with zero attached hydrogens (tertiary/aromatic N) is 2. The van der Waals surface area contributed by atoms with Crippen LogP contribution in [-0.4, -0.2) is 27.4 Å². The van der Waals surface area contributed by atoms with E-state index in [9.17, 15) is 8.42 Å². The monoisotopic (exact) mass is 224 g/mol. The van der Waals surface area contributed by atoms with Crippen LogP contribution in [0.25, 0.3) is 0 Å². The van der Waals surface area contributed by atoms with Crippen molar-refractivity contribution in [3.05, 3.63) is 24.3 Å². The molecule has 80 valence electrons. The molecule has 0 bridgehead atoms. The lowest BCUT2D eigenvalue weighted by atomic mass is 10.3. The van der Waals surface area contributed by atoms with Crippen molar-refractivity contribution in [2.24, 2.45) is 5.10 Å². The van der Waals surface area contributed by atoms with Crippen LogP contribution in [0.15, 0.2) is 34.3 Å². The first-order valence-electron chi connectivity index (χ1n) is 4.67. The van der Waals surface area contributed by atoms with Gasteiger partial charge in [-0.25, -0.2) is 8.42 Å². The summed E-state index contributed by atoms with van der Waals surface area (Å²) in [7, 11) is -3.10. The maximum Gasteiger partial charge on any atom is 0.175 e. The molecule has 0 unspecified atom stereocenters. The van der Waals surface area contributed by atoms with Gasteiger partial charge in [0.1, 0.15) is 0 Å². The SMILES string of the molecule is CS(=O)(=O)c1ccc(N2CCC=N2)cc1. The number of hydrogen-bond acceptors (Lipinski definition) is 4. The topological polar surface area (TPSA) is 49.7 Å². The van der Waals surface area contributed by atoms with Crippen molar-refractivity contribution in [2.45, 2.75) is 11.3 Å². The van der Waals surface area contributed by atoms with Crippen molar-refractivity contribution in [1.29, 1.82) is 0 Å². The van der Waals surface area contributed by atoms with Gasteiger partial charge >= 0.3 is 0 Å². The van der Waals surface area contributed by atoms with Gasteiger partial charge in [0.25, 0.3) is 0 Å². The molecule has 0 saturated carbocycles. The van der Waals surface area contributed by atoms with Crippen molar-refractivity contribution >= 4 is 21.7 Å². The molecular formula is C10H12N2O2S. The molecule has 0 spiro atoms. The second kappa shape index (κ2) is 3.66. The second-order valence-electron chi connectivity index (χ2n) is 3.48. The van der Waals surface area contributed by atoms with Crippen LogP contribution in [-0.2, 0) is 9.84 Å². The van der Waals surface area contributed by atoms with Gasteiger partial charge in [-0.1, -0.05) is 0 Å². The number of anilines is 1. The van der Waals surface area contributed by atoms with Crippen LogP contribution in [0.5, 0.6) is 0 Å². The minimum Gasteiger partial charge on any atom is -0.266 e. The molecule has 1 aliphatic rings. The molecule has 5 heteroatoms. The molecule has 0 fully saturated rings. The molecule has 0 aliphatic carbocycles. The predicted molar refractivity (Wildman–Crippen MR) is 60.0 cm³/mol. The Morgan fingerprint density at radius 3 is 2.40 bits per heavy atom. The lowest BCUT2D eigenvalue weighted by molar-refractivity contribution is 0.602. The van der Waals surface area contributed by atoms with E-state index in [0.29, 0.717) is 4.90 Å². The van der Waals surface area contributed by atoms with Crippen LogP contribution in [0.4, 0.5) is 5.69 Å². The highest BCUT2D eigenvalue weighted by Crippen LogP contribution is 2.19. The van der Waals surface area contributed by atoms with Crippen molar-refractivity contribution in [3.8, 4) is 0 Å². The number of sulfone groups is 1. The lowest BCUT2D eigenvalue weighted by Crippen LogP contribution is -2.11. The Kier molecular flexibility index (Phi) is 2.48. The minimum atomic E-state index is -3.10. The fourth-order valence-corrected chi connectivity index (χ4v) is 2.09. The molecule has 0 aromatic heterocycles. The summed E-state index contributed by atoms with van der Waals surface area (Å²) in [6.45, 7) is 0.859. The maximum atomic E-state index is 11.2. The fourth-order valence-electron chi connectivity index (χ4n) is 1.46. The summed E-state index contributed by atoms with van der Waals surface area (Å²) in [4.78, 5) is 0.342. The van der Waals surface area contributed by atoms with Crippen molar-refractivity contribution in [1.82, 2.24) is 0 Å². The molecule has 15 heavy (non-hydrogen) atoms. The maximum absolute atomic E-state index is 11.2. The van der Waals surface area contributed by atoms with E-state index in [4.69, 9.17) is 0 Å². The van der Waals surface area contributed by atoms with Gasteiger partial charge in [0.2, 0.25) is 0 Å². The van der Waals surface area contributed by atoms with Crippen LogP contribution in [0.3, 0.4) is 0 Å². The quantitative estimate of drug-likeness (QED) is 0.760. The molecular weight excluding hydrogens is 212 g/mol. The number of hydrogen-bond donors (Lipinski definition) is 0. The number of rotatable bonds is 2. The third-order valence-electron chi connectivity index (χ3n) is 2.25. The summed E-state index contributed by atoms with van der Waals surface area (Å²) >= 11 is 0. The zero-order chi connectivity index (χ0) is 10.9. The van der Waals surface area contributed by atoms with Crippen LogP contribution < -0.4 is 5.01 Å². The summed E-state index contributed by atoms with van der Waals surface area (Å²) in [5.74, 6) is 0. The molecule has 1 aliphatic heterocycles. The van der Waals surface area contributed by atoms with Crippen molar-refractivity contribution in [2.75, 3.05) is 17.8 Å². The molecule has 0 radical (unpaired) electrons. The van der Waals surface area contributed by atoms with Gasteiger partial charge in [-0.05, 0) is 24.3 Å². The standard InChI is InChI=1S/C10H12N2O2S/c1-15(13,14)10-5-3-9(4-6-10)12-8-2-7-11-12/h3-7H,2,8H2,1H3. The molecule has 1 aromatic rings. The Morgan fingerprint density at radius 1 is 1.27 bits per heavy atom. The normalized spacial score (nSPS) is 15.9. The van der Waals surface area contributed by atoms with E-state index >= 15 is 0 Å². The molecule has 0 amide bonds. The largest absolute Gasteiger partial charge is 0.266 e. The number of hydrazone groups is 1. The average Bonchev–Trinajstić information content (AvgIpc) is 2.69. The van der Waals surface area contributed by atoms with E-state index in [-0.39, 0.29) is 0 Å². The van der Waals surface area contributed by atoms with E-state index in [1.54, 1.807) is 24.3 Å². The first-order valence-corrected chi connectivity index (χ1v) is 6.56. The van der Waals surface area contributed by atoms with E-state index in [2.05, 4.69) is 5.10 Å². The van der Waals surface area contributed by atoms with Gasteiger partial charge < -0.3 is 0 Å². The van der Waals surface area contributed by atoms with Gasteiger partial charge in [0.15, 0.2) is 9.84 Å². The van der Waals surface area contributed by atoms with Crippen molar-refractivity contribution in [3.63, 3.8) is 0 Å². The van der Waals surface area contributed by atoms with E-state index in [1.807, 2.05) is 11.2 Å². The third kappa shape index (κ3) is 2.18. The number of benzene rings is 1. The first-order chi connectivity index (χ1) is 7.07. The van der Waals surface area contributed by atoms with Gasteiger partial charge in [-0.15, -0.1) is 0 Å². The lowest BCUT2D eigenvalue weighted by Gasteiger charge is -2.13. The second-order valence-corrected chi connectivity index (χ2v) is 5.49. The Labute approximate surface area is 89.1 Å². The Balaban J connectivity index is 2.28. The summed E-state index contributed by atoms with van der Waals surface area (Å²) in [6.07, 6.45) is 3.99. The molecule has 4 nitrogen and oxygen atoms in total. The summed E-state index contributed by atoms with van der Waals surface area (Å²) in [6, 6.07) is 6.77. The Hall–Kier alpha value is -1.36. The van der Waals surface area contributed by atoms with Crippen molar-refractivity contribution < 1.29 is 8.42 Å². The van der Waals surface area contributed by atoms with Crippen LogP contribution in [0, 0.1) is 0 Å². The predicted octanol–water partition coefficient (Wildman–Crippen LogP) is 1.29. The van der Waals surface area contributed by atoms with Gasteiger partial charge in [-0.3, -0.25) is 5.01 Å². The van der Waals surface area contributed by atoms with Crippen LogP contribution >= 0.6 is 0 Å². The van der Waals surface area contributed by atoms with E-state index < -0.39 is 9.84 Å². The van der Waals surface area contributed by atoms with Crippen LogP contribution in [0.1, 0.15) is 6.42 Å². The summed E-state index contributed by atoms with van der Waals surface area (Å²) < 4.78 is 22.4. The summed E-state index contributed by atoms with van der Waals surface area (Å²) in [5, 5.41) is 6.01. The molecule has 0 atom stereocenters. The first kappa shape index (κ1) is 10.2. The van der Waals surface area contributed by atoms with Gasteiger partial charge in [-0.2, -0.15) is 5.10 Å². The molecule has 0 N–H and O–H groups in total. The zero-order valence-electron chi connectivity index (χ0n) is 8.42. The minimum absolute atomic E-state index is 0.342. The molecule has 1 aromatic carbocycles. The highest BCUT2D eigenvalue weighted by Gasteiger charge is 2.10. The van der Waals surface area contributed by atoms with E-state index in [1.165, 1.54) is 6.26 Å². The molecule has 1 heterocycles. The van der Waals surface area contributed by atoms with Gasteiger partial charge in [0.05, 0.1) is 10.6 Å². The summed E-state index contributed by atoms with van der Waals surface area (Å²) in [5.41, 5.74) is 0.927. The fraction of sp³-hybridized carbons (Fsp3) is 0.300. The average molecular weight is 224 g/mol. The molecule has 2 rings (SSSR count). The van der Waals surface area contributed by atoms with Crippen LogP contribution in [0.2, 0.25) is 0 Å². The highest BCUT2D eigenvalue weighted by atomic mass is 32.2. The Morgan fingerprint density at radius 2 is 1.93 bits per heavy atom. The van der Waals surface area contributed by atoms with Gasteiger partial charge in [0, 0.05) is 25.4 Å². The third-order valence-corrected chi connectivity index (χ3v) is 3.38. The molecule has 0 saturated heterocycles.